The lowest BCUT2D eigenvalue weighted by Gasteiger charge is -2.35. The van der Waals surface area contributed by atoms with Crippen LogP contribution in [-0.2, 0) is 4.74 Å². The maximum Gasteiger partial charge on any atom is 0.0702 e. The normalized spacial score (nSPS) is 29.8. The number of hydrogen-bond acceptors (Lipinski definition) is 4. The average molecular weight is 214 g/mol. The first-order valence-electron chi connectivity index (χ1n) is 6.05. The van der Waals surface area contributed by atoms with E-state index in [2.05, 4.69) is 9.80 Å². The van der Waals surface area contributed by atoms with Crippen molar-refractivity contribution in [2.45, 2.75) is 18.9 Å². The van der Waals surface area contributed by atoms with E-state index in [4.69, 9.17) is 9.84 Å². The molecule has 2 aliphatic rings. The van der Waals surface area contributed by atoms with E-state index < -0.39 is 0 Å². The third-order valence-corrected chi connectivity index (χ3v) is 3.37. The summed E-state index contributed by atoms with van der Waals surface area (Å²) in [7, 11) is 0. The molecule has 88 valence electrons. The van der Waals surface area contributed by atoms with Crippen LogP contribution in [0.1, 0.15) is 12.8 Å². The van der Waals surface area contributed by atoms with Crippen LogP contribution in [0.2, 0.25) is 0 Å². The average Bonchev–Trinajstić information content (AvgIpc) is 2.74. The maximum atomic E-state index is 8.84. The highest BCUT2D eigenvalue weighted by atomic mass is 16.5. The molecule has 0 aliphatic carbocycles. The Balaban J connectivity index is 1.64. The first-order valence-corrected chi connectivity index (χ1v) is 6.05. The van der Waals surface area contributed by atoms with Crippen LogP contribution in [0, 0.1) is 0 Å². The van der Waals surface area contributed by atoms with Gasteiger partial charge in [0, 0.05) is 45.9 Å². The molecule has 2 saturated heterocycles. The number of β-amino-alcohol motifs (C(OH)–C–C–N with tert-alkyl or cyclic N) is 1. The number of piperazine rings is 1. The van der Waals surface area contributed by atoms with Gasteiger partial charge in [-0.15, -0.1) is 0 Å². The number of rotatable bonds is 4. The summed E-state index contributed by atoms with van der Waals surface area (Å²) in [6.07, 6.45) is 2.95. The largest absolute Gasteiger partial charge is 0.395 e. The van der Waals surface area contributed by atoms with Crippen molar-refractivity contribution in [1.82, 2.24) is 9.80 Å². The van der Waals surface area contributed by atoms with Gasteiger partial charge in [0.1, 0.15) is 0 Å². The minimum Gasteiger partial charge on any atom is -0.395 e. The molecule has 0 aromatic carbocycles. The van der Waals surface area contributed by atoms with Gasteiger partial charge >= 0.3 is 0 Å². The van der Waals surface area contributed by atoms with Crippen LogP contribution in [0.3, 0.4) is 0 Å². The van der Waals surface area contributed by atoms with Crippen molar-refractivity contribution in [2.24, 2.45) is 0 Å². The van der Waals surface area contributed by atoms with E-state index in [-0.39, 0.29) is 6.61 Å². The van der Waals surface area contributed by atoms with E-state index in [1.54, 1.807) is 0 Å². The summed E-state index contributed by atoms with van der Waals surface area (Å²) in [4.78, 5) is 4.82. The van der Waals surface area contributed by atoms with Gasteiger partial charge in [-0.25, -0.2) is 0 Å². The molecule has 2 fully saturated rings. The fourth-order valence-corrected chi connectivity index (χ4v) is 2.41. The van der Waals surface area contributed by atoms with Crippen molar-refractivity contribution in [3.63, 3.8) is 0 Å². The second kappa shape index (κ2) is 5.80. The van der Waals surface area contributed by atoms with E-state index in [9.17, 15) is 0 Å². The summed E-state index contributed by atoms with van der Waals surface area (Å²) in [5.74, 6) is 0. The SMILES string of the molecule is OCCN1CCN(C[C@H]2CCCO2)CC1. The van der Waals surface area contributed by atoms with Crippen LogP contribution in [-0.4, -0.2) is 73.5 Å². The zero-order chi connectivity index (χ0) is 10.5. The van der Waals surface area contributed by atoms with Crippen molar-refractivity contribution in [2.75, 3.05) is 52.5 Å². The van der Waals surface area contributed by atoms with Crippen molar-refractivity contribution in [1.29, 1.82) is 0 Å². The van der Waals surface area contributed by atoms with Crippen LogP contribution in [0.4, 0.5) is 0 Å². The molecule has 0 radical (unpaired) electrons. The Morgan fingerprint density at radius 1 is 1.13 bits per heavy atom. The quantitative estimate of drug-likeness (QED) is 0.701. The van der Waals surface area contributed by atoms with E-state index in [1.165, 1.54) is 12.8 Å². The molecule has 4 nitrogen and oxygen atoms in total. The van der Waals surface area contributed by atoms with E-state index in [1.807, 2.05) is 0 Å². The number of ether oxygens (including phenoxy) is 1. The molecule has 4 heteroatoms. The van der Waals surface area contributed by atoms with Crippen molar-refractivity contribution >= 4 is 0 Å². The Labute approximate surface area is 91.8 Å². The maximum absolute atomic E-state index is 8.84. The predicted molar refractivity (Wildman–Crippen MR) is 58.9 cm³/mol. The molecule has 0 amide bonds. The van der Waals surface area contributed by atoms with Crippen molar-refractivity contribution in [3.05, 3.63) is 0 Å². The molecular weight excluding hydrogens is 192 g/mol. The molecule has 0 aromatic rings. The second-order valence-corrected chi connectivity index (χ2v) is 4.50. The fraction of sp³-hybridized carbons (Fsp3) is 1.00. The third kappa shape index (κ3) is 3.41. The number of nitrogens with zero attached hydrogens (tertiary/aromatic N) is 2. The molecule has 2 heterocycles. The Bertz CT molecular complexity index is 175. The predicted octanol–water partition coefficient (Wildman–Crippen LogP) is -0.225. The highest BCUT2D eigenvalue weighted by Gasteiger charge is 2.22. The standard InChI is InChI=1S/C11H22N2O2/c14-8-7-12-3-5-13(6-4-12)10-11-2-1-9-15-11/h11,14H,1-10H2/t11-/m1/s1. The minimum absolute atomic E-state index is 0.283. The summed E-state index contributed by atoms with van der Waals surface area (Å²) in [5.41, 5.74) is 0. The molecule has 0 spiro atoms. The smallest absolute Gasteiger partial charge is 0.0702 e. The van der Waals surface area contributed by atoms with Crippen LogP contribution < -0.4 is 0 Å². The highest BCUT2D eigenvalue weighted by molar-refractivity contribution is 4.76. The molecule has 0 bridgehead atoms. The summed E-state index contributed by atoms with van der Waals surface area (Å²) < 4.78 is 5.63. The Morgan fingerprint density at radius 3 is 2.47 bits per heavy atom. The first kappa shape index (κ1) is 11.3. The Hall–Kier alpha value is -0.160. The van der Waals surface area contributed by atoms with Crippen LogP contribution in [0.25, 0.3) is 0 Å². The number of aliphatic hydroxyl groups is 1. The van der Waals surface area contributed by atoms with Gasteiger partial charge in [0.2, 0.25) is 0 Å². The highest BCUT2D eigenvalue weighted by Crippen LogP contribution is 2.14. The monoisotopic (exact) mass is 214 g/mol. The summed E-state index contributed by atoms with van der Waals surface area (Å²) in [6, 6.07) is 0. The van der Waals surface area contributed by atoms with Gasteiger partial charge in [0.25, 0.3) is 0 Å². The van der Waals surface area contributed by atoms with Gasteiger partial charge in [0.05, 0.1) is 12.7 Å². The number of aliphatic hydroxyl groups excluding tert-OH is 1. The van der Waals surface area contributed by atoms with E-state index >= 15 is 0 Å². The van der Waals surface area contributed by atoms with E-state index in [0.717, 1.165) is 45.9 Å². The van der Waals surface area contributed by atoms with Gasteiger partial charge in [0.15, 0.2) is 0 Å². The van der Waals surface area contributed by atoms with Gasteiger partial charge in [-0.1, -0.05) is 0 Å². The molecule has 1 N–H and O–H groups in total. The van der Waals surface area contributed by atoms with E-state index in [0.29, 0.717) is 6.10 Å². The molecular formula is C11H22N2O2. The molecule has 2 rings (SSSR count). The molecule has 0 aromatic heterocycles. The summed E-state index contributed by atoms with van der Waals surface area (Å²) in [5, 5.41) is 8.84. The fourth-order valence-electron chi connectivity index (χ4n) is 2.41. The van der Waals surface area contributed by atoms with Crippen LogP contribution in [0.5, 0.6) is 0 Å². The topological polar surface area (TPSA) is 35.9 Å². The zero-order valence-corrected chi connectivity index (χ0v) is 9.40. The lowest BCUT2D eigenvalue weighted by molar-refractivity contribution is 0.0469. The molecule has 0 saturated carbocycles. The lowest BCUT2D eigenvalue weighted by atomic mass is 10.2. The molecule has 1 atom stereocenters. The van der Waals surface area contributed by atoms with Gasteiger partial charge in [-0.05, 0) is 12.8 Å². The van der Waals surface area contributed by atoms with Crippen molar-refractivity contribution < 1.29 is 9.84 Å². The van der Waals surface area contributed by atoms with Gasteiger partial charge in [-0.2, -0.15) is 0 Å². The zero-order valence-electron chi connectivity index (χ0n) is 9.40. The molecule has 15 heavy (non-hydrogen) atoms. The third-order valence-electron chi connectivity index (χ3n) is 3.37. The summed E-state index contributed by atoms with van der Waals surface area (Å²) >= 11 is 0. The van der Waals surface area contributed by atoms with Crippen LogP contribution >= 0.6 is 0 Å². The minimum atomic E-state index is 0.283. The molecule has 0 unspecified atom stereocenters. The van der Waals surface area contributed by atoms with Gasteiger partial charge < -0.3 is 9.84 Å². The lowest BCUT2D eigenvalue weighted by Crippen LogP contribution is -2.49. The van der Waals surface area contributed by atoms with Gasteiger partial charge in [-0.3, -0.25) is 9.80 Å². The molecule has 2 aliphatic heterocycles. The van der Waals surface area contributed by atoms with Crippen LogP contribution in [0.15, 0.2) is 0 Å². The second-order valence-electron chi connectivity index (χ2n) is 4.50. The Morgan fingerprint density at radius 2 is 1.87 bits per heavy atom. The van der Waals surface area contributed by atoms with Crippen molar-refractivity contribution in [3.8, 4) is 0 Å². The first-order chi connectivity index (χ1) is 7.38. The Kier molecular flexibility index (Phi) is 4.38. The summed E-state index contributed by atoms with van der Waals surface area (Å²) in [6.45, 7) is 7.60. The number of hydrogen-bond donors (Lipinski definition) is 1.